The lowest BCUT2D eigenvalue weighted by Gasteiger charge is -1.95. The van der Waals surface area contributed by atoms with Gasteiger partial charge in [0.15, 0.2) is 0 Å². The van der Waals surface area contributed by atoms with E-state index >= 15 is 0 Å². The summed E-state index contributed by atoms with van der Waals surface area (Å²) in [6, 6.07) is 3.01. The van der Waals surface area contributed by atoms with E-state index in [0.717, 1.165) is 18.2 Å². The van der Waals surface area contributed by atoms with Gasteiger partial charge in [-0.3, -0.25) is 4.79 Å². The first-order valence-corrected chi connectivity index (χ1v) is 3.93. The van der Waals surface area contributed by atoms with Crippen molar-refractivity contribution in [3.8, 4) is 0 Å². The van der Waals surface area contributed by atoms with E-state index in [1.165, 1.54) is 12.2 Å². The van der Waals surface area contributed by atoms with Gasteiger partial charge >= 0.3 is 5.97 Å². The fourth-order valence-corrected chi connectivity index (χ4v) is 0.929. The van der Waals surface area contributed by atoms with Crippen LogP contribution in [0.2, 0.25) is 0 Å². The topological polar surface area (TPSA) is 37.3 Å². The predicted octanol–water partition coefficient (Wildman–Crippen LogP) is 2.45. The van der Waals surface area contributed by atoms with Crippen molar-refractivity contribution < 1.29 is 18.7 Å². The Hall–Kier alpha value is -1.71. The van der Waals surface area contributed by atoms with Crippen LogP contribution in [0.15, 0.2) is 24.3 Å². The highest BCUT2D eigenvalue weighted by Gasteiger charge is 1.99. The molecule has 0 unspecified atom stereocenters. The zero-order valence-electron chi connectivity index (χ0n) is 7.21. The van der Waals surface area contributed by atoms with Crippen LogP contribution >= 0.6 is 0 Å². The Kier molecular flexibility index (Phi) is 3.34. The van der Waals surface area contributed by atoms with Crippen LogP contribution in [0.5, 0.6) is 0 Å². The third kappa shape index (κ3) is 2.97. The molecule has 0 spiro atoms. The molecule has 1 N–H and O–H groups in total. The lowest BCUT2D eigenvalue weighted by Crippen LogP contribution is -1.90. The minimum atomic E-state index is -1.02. The van der Waals surface area contributed by atoms with E-state index in [0.29, 0.717) is 0 Å². The Morgan fingerprint density at radius 2 is 2.14 bits per heavy atom. The minimum absolute atomic E-state index is 0.0475. The molecule has 74 valence electrons. The summed E-state index contributed by atoms with van der Waals surface area (Å²) in [6.45, 7) is 0. The van der Waals surface area contributed by atoms with E-state index in [4.69, 9.17) is 5.11 Å². The SMILES string of the molecule is O=C(O)C/C=C/c1cc(F)ccc1F. The molecule has 1 rings (SSSR count). The van der Waals surface area contributed by atoms with E-state index in [1.807, 2.05) is 0 Å². The molecule has 0 aliphatic heterocycles. The molecule has 0 aliphatic rings. The molecule has 14 heavy (non-hydrogen) atoms. The van der Waals surface area contributed by atoms with E-state index in [-0.39, 0.29) is 12.0 Å². The van der Waals surface area contributed by atoms with Gasteiger partial charge in [0.1, 0.15) is 11.6 Å². The van der Waals surface area contributed by atoms with Crippen LogP contribution in [0, 0.1) is 11.6 Å². The van der Waals surface area contributed by atoms with Crippen LogP contribution in [0.25, 0.3) is 6.08 Å². The molecule has 1 aromatic carbocycles. The second-order valence-electron chi connectivity index (χ2n) is 2.67. The lowest BCUT2D eigenvalue weighted by atomic mass is 10.2. The monoisotopic (exact) mass is 198 g/mol. The summed E-state index contributed by atoms with van der Waals surface area (Å²) >= 11 is 0. The Bertz CT molecular complexity index is 372. The molecule has 0 saturated heterocycles. The summed E-state index contributed by atoms with van der Waals surface area (Å²) in [5, 5.41) is 8.30. The number of carbonyl (C=O) groups is 1. The summed E-state index contributed by atoms with van der Waals surface area (Å²) in [5.41, 5.74) is 0.0475. The van der Waals surface area contributed by atoms with Crippen LogP contribution < -0.4 is 0 Å². The molecule has 0 heterocycles. The smallest absolute Gasteiger partial charge is 0.307 e. The van der Waals surface area contributed by atoms with E-state index in [9.17, 15) is 13.6 Å². The predicted molar refractivity (Wildman–Crippen MR) is 47.6 cm³/mol. The molecular formula is C10H8F2O2. The number of carboxylic acid groups (broad SMARTS) is 1. The number of halogens is 2. The van der Waals surface area contributed by atoms with Crippen molar-refractivity contribution in [2.75, 3.05) is 0 Å². The van der Waals surface area contributed by atoms with Crippen LogP contribution in [-0.2, 0) is 4.79 Å². The van der Waals surface area contributed by atoms with Gasteiger partial charge in [-0.2, -0.15) is 0 Å². The zero-order valence-corrected chi connectivity index (χ0v) is 7.21. The highest BCUT2D eigenvalue weighted by Crippen LogP contribution is 2.11. The zero-order chi connectivity index (χ0) is 10.6. The Morgan fingerprint density at radius 1 is 1.43 bits per heavy atom. The number of aliphatic carboxylic acids is 1. The van der Waals surface area contributed by atoms with Crippen molar-refractivity contribution in [1.82, 2.24) is 0 Å². The molecule has 0 radical (unpaired) electrons. The standard InChI is InChI=1S/C10H8F2O2/c11-8-4-5-9(12)7(6-8)2-1-3-10(13)14/h1-2,4-6H,3H2,(H,13,14)/b2-1+. The van der Waals surface area contributed by atoms with Gasteiger partial charge < -0.3 is 5.11 Å². The van der Waals surface area contributed by atoms with Crippen molar-refractivity contribution in [2.24, 2.45) is 0 Å². The number of hydrogen-bond acceptors (Lipinski definition) is 1. The van der Waals surface area contributed by atoms with Crippen molar-refractivity contribution in [3.63, 3.8) is 0 Å². The van der Waals surface area contributed by atoms with Gasteiger partial charge in [0, 0.05) is 5.56 Å². The highest BCUT2D eigenvalue weighted by atomic mass is 19.1. The molecule has 1 aromatic rings. The summed E-state index contributed by atoms with van der Waals surface area (Å²) < 4.78 is 25.5. The summed E-state index contributed by atoms with van der Waals surface area (Å²) in [5.74, 6) is -2.15. The second kappa shape index (κ2) is 4.50. The second-order valence-corrected chi connectivity index (χ2v) is 2.67. The molecule has 0 amide bonds. The number of carboxylic acids is 1. The van der Waals surface area contributed by atoms with Gasteiger partial charge in [0.05, 0.1) is 6.42 Å². The third-order valence-corrected chi connectivity index (χ3v) is 1.55. The average Bonchev–Trinajstić information content (AvgIpc) is 2.10. The molecule has 0 bridgehead atoms. The molecule has 0 fully saturated rings. The van der Waals surface area contributed by atoms with E-state index in [1.54, 1.807) is 0 Å². The molecule has 4 heteroatoms. The van der Waals surface area contributed by atoms with Gasteiger partial charge in [-0.05, 0) is 18.2 Å². The van der Waals surface area contributed by atoms with Crippen LogP contribution in [-0.4, -0.2) is 11.1 Å². The molecule has 0 aromatic heterocycles. The average molecular weight is 198 g/mol. The van der Waals surface area contributed by atoms with Crippen molar-refractivity contribution in [3.05, 3.63) is 41.5 Å². The molecular weight excluding hydrogens is 190 g/mol. The van der Waals surface area contributed by atoms with Crippen molar-refractivity contribution >= 4 is 12.0 Å². The number of rotatable bonds is 3. The lowest BCUT2D eigenvalue weighted by molar-refractivity contribution is -0.135. The Balaban J connectivity index is 2.80. The highest BCUT2D eigenvalue weighted by molar-refractivity contribution is 5.70. The summed E-state index contributed by atoms with van der Waals surface area (Å²) in [4.78, 5) is 10.1. The first-order valence-electron chi connectivity index (χ1n) is 3.93. The molecule has 2 nitrogen and oxygen atoms in total. The van der Waals surface area contributed by atoms with E-state index in [2.05, 4.69) is 0 Å². The number of hydrogen-bond donors (Lipinski definition) is 1. The molecule has 0 saturated carbocycles. The molecule has 0 atom stereocenters. The Labute approximate surface area is 79.5 Å². The van der Waals surface area contributed by atoms with Crippen molar-refractivity contribution in [2.45, 2.75) is 6.42 Å². The maximum absolute atomic E-state index is 12.9. The van der Waals surface area contributed by atoms with Crippen molar-refractivity contribution in [1.29, 1.82) is 0 Å². The first kappa shape index (κ1) is 10.4. The van der Waals surface area contributed by atoms with Crippen LogP contribution in [0.1, 0.15) is 12.0 Å². The fraction of sp³-hybridized carbons (Fsp3) is 0.100. The third-order valence-electron chi connectivity index (χ3n) is 1.55. The van der Waals surface area contributed by atoms with Gasteiger partial charge in [-0.1, -0.05) is 12.2 Å². The maximum atomic E-state index is 12.9. The van der Waals surface area contributed by atoms with Crippen LogP contribution in [0.4, 0.5) is 8.78 Å². The van der Waals surface area contributed by atoms with Crippen LogP contribution in [0.3, 0.4) is 0 Å². The summed E-state index contributed by atoms with van der Waals surface area (Å²) in [7, 11) is 0. The first-order chi connectivity index (χ1) is 6.59. The summed E-state index contributed by atoms with van der Waals surface area (Å²) in [6.07, 6.45) is 2.29. The number of benzene rings is 1. The van der Waals surface area contributed by atoms with E-state index < -0.39 is 17.6 Å². The molecule has 0 aliphatic carbocycles. The van der Waals surface area contributed by atoms with Gasteiger partial charge in [-0.15, -0.1) is 0 Å². The normalized spacial score (nSPS) is 10.7. The van der Waals surface area contributed by atoms with Gasteiger partial charge in [-0.25, -0.2) is 8.78 Å². The minimum Gasteiger partial charge on any atom is -0.481 e. The van der Waals surface area contributed by atoms with Gasteiger partial charge in [0.2, 0.25) is 0 Å². The quantitative estimate of drug-likeness (QED) is 0.809. The Morgan fingerprint density at radius 3 is 2.79 bits per heavy atom. The largest absolute Gasteiger partial charge is 0.481 e. The fourth-order valence-electron chi connectivity index (χ4n) is 0.929. The van der Waals surface area contributed by atoms with Gasteiger partial charge in [0.25, 0.3) is 0 Å². The maximum Gasteiger partial charge on any atom is 0.307 e.